The molecule has 440 valence electrons. The van der Waals surface area contributed by atoms with Gasteiger partial charge in [0, 0.05) is 32.4 Å². The number of aromatic carboxylic acids is 1. The van der Waals surface area contributed by atoms with E-state index in [9.17, 15) is 76.9 Å². The molecule has 3 aromatic carbocycles. The van der Waals surface area contributed by atoms with E-state index in [0.717, 1.165) is 30.3 Å². The lowest BCUT2D eigenvalue weighted by Gasteiger charge is -2.14. The molecule has 0 bridgehead atoms. The maximum absolute atomic E-state index is 12.6. The number of methoxy groups -OCH3 is 2. The Bertz CT molecular complexity index is 3490. The zero-order valence-electron chi connectivity index (χ0n) is 42.0. The minimum Gasteiger partial charge on any atom is -0.487 e. The average molecular weight is 1230 g/mol. The van der Waals surface area contributed by atoms with Crippen molar-refractivity contribution in [2.75, 3.05) is 45.6 Å². The van der Waals surface area contributed by atoms with Gasteiger partial charge in [0.1, 0.15) is 16.4 Å². The van der Waals surface area contributed by atoms with Crippen LogP contribution in [0.25, 0.3) is 0 Å². The second kappa shape index (κ2) is 28.5. The number of halogens is 8. The SMILES string of the molecule is CCOc1cc(Oc2ccc(C(F)(F)F)cc2Cl)ccc1[N+](=O)[O-].COc1cc(OC)nc(NC(=O)NS(=O)(=O)c2ncccc2C(=O)N(C)C)n1.O=C(Nc1nc(OC(F)F)cc(OC(F)F)n1)NS(=O)(=O)c1ccccc1C(=O)O. The van der Waals surface area contributed by atoms with Gasteiger partial charge in [-0.05, 0) is 55.5 Å². The van der Waals surface area contributed by atoms with Crippen LogP contribution in [-0.4, -0.2) is 129 Å². The largest absolute Gasteiger partial charge is 0.487 e. The van der Waals surface area contributed by atoms with Crippen LogP contribution >= 0.6 is 11.6 Å². The molecule has 82 heavy (non-hydrogen) atoms. The molecule has 0 aliphatic carbocycles. The quantitative estimate of drug-likeness (QED) is 0.0298. The van der Waals surface area contributed by atoms with E-state index < -0.39 is 107 Å². The standard InChI is InChI=1S/C15H11ClF3NO4.C15H18N6O6S.C14H10F4N4O7S/c1-2-23-14-8-10(4-5-12(14)20(21)22)24-13-6-3-9(7-11(13)16)15(17,18)19;1-21(2)13(22)9-6-5-7-16-12(9)28(24,25)20-15(23)19-14-17-10(26-3)8-11(18-14)27-4;15-11(16)28-8-5-9(29-12(17)18)20-13(19-8)21-14(25)22-30(26,27)7-4-2-1-3-6(7)10(23)24/h3-8H,2H2,1H3;5-8H,1-4H3,(H2,17,18,19,20,23);1-5,11-12H,(H,23,24)(H2,19,20,21,22,25). The molecule has 0 atom stereocenters. The van der Waals surface area contributed by atoms with Crippen molar-refractivity contribution in [3.05, 3.63) is 123 Å². The van der Waals surface area contributed by atoms with Crippen molar-refractivity contribution in [1.82, 2.24) is 39.3 Å². The van der Waals surface area contributed by atoms with Gasteiger partial charge < -0.3 is 38.4 Å². The number of pyridine rings is 1. The molecule has 3 heterocycles. The minimum absolute atomic E-state index is 0.0111. The van der Waals surface area contributed by atoms with Gasteiger partial charge >= 0.3 is 43.1 Å². The number of carbonyl (C=O) groups excluding carboxylic acids is 3. The number of amides is 5. The van der Waals surface area contributed by atoms with Crippen molar-refractivity contribution >= 4 is 73.2 Å². The summed E-state index contributed by atoms with van der Waals surface area (Å²) < 4.78 is 168. The smallest absolute Gasteiger partial charge is 0.416 e. The highest BCUT2D eigenvalue weighted by atomic mass is 35.5. The Morgan fingerprint density at radius 3 is 1.74 bits per heavy atom. The van der Waals surface area contributed by atoms with Crippen LogP contribution in [0.2, 0.25) is 5.02 Å². The number of hydrogen-bond donors (Lipinski definition) is 5. The number of carbonyl (C=O) groups is 4. The summed E-state index contributed by atoms with van der Waals surface area (Å²) in [6, 6.07) is 12.5. The summed E-state index contributed by atoms with van der Waals surface area (Å²) in [5, 5.41) is 23.0. The number of sulfonamides is 2. The van der Waals surface area contributed by atoms with Gasteiger partial charge in [0.25, 0.3) is 26.0 Å². The highest BCUT2D eigenvalue weighted by Gasteiger charge is 2.32. The van der Waals surface area contributed by atoms with Gasteiger partial charge in [-0.1, -0.05) is 23.7 Å². The maximum atomic E-state index is 12.6. The first kappa shape index (κ1) is 64.9. The van der Waals surface area contributed by atoms with Crippen molar-refractivity contribution < 1.29 is 105 Å². The molecule has 28 nitrogen and oxygen atoms in total. The fourth-order valence-electron chi connectivity index (χ4n) is 5.79. The Hall–Kier alpha value is -9.65. The van der Waals surface area contributed by atoms with Gasteiger partial charge in [0.15, 0.2) is 5.03 Å². The number of carboxylic acid groups (broad SMARTS) is 1. The van der Waals surface area contributed by atoms with Crippen LogP contribution in [-0.2, 0) is 26.2 Å². The van der Waals surface area contributed by atoms with E-state index in [1.807, 2.05) is 0 Å². The third-order valence-electron chi connectivity index (χ3n) is 9.09. The van der Waals surface area contributed by atoms with E-state index in [1.165, 1.54) is 92.7 Å². The van der Waals surface area contributed by atoms with Crippen LogP contribution in [0.4, 0.5) is 57.9 Å². The van der Waals surface area contributed by atoms with Crippen LogP contribution in [0.1, 0.15) is 33.2 Å². The molecule has 5 amide bonds. The van der Waals surface area contributed by atoms with Gasteiger partial charge in [-0.25, -0.2) is 37.2 Å². The fraction of sp³-hybridized carbons (Fsp3) is 0.205. The summed E-state index contributed by atoms with van der Waals surface area (Å²) >= 11 is 5.80. The number of aromatic nitrogens is 5. The van der Waals surface area contributed by atoms with Gasteiger partial charge in [0.2, 0.25) is 41.2 Å². The molecular weight excluding hydrogens is 1190 g/mol. The molecule has 6 aromatic rings. The second-order valence-electron chi connectivity index (χ2n) is 14.9. The zero-order valence-corrected chi connectivity index (χ0v) is 44.4. The van der Waals surface area contributed by atoms with Crippen LogP contribution in [0.5, 0.6) is 40.8 Å². The van der Waals surface area contributed by atoms with E-state index in [-0.39, 0.29) is 57.8 Å². The van der Waals surface area contributed by atoms with Crippen molar-refractivity contribution in [2.24, 2.45) is 0 Å². The Balaban J connectivity index is 0.000000266. The number of anilines is 2. The number of nitrogens with one attached hydrogen (secondary N) is 4. The predicted octanol–water partition coefficient (Wildman–Crippen LogP) is 7.45. The minimum atomic E-state index is -4.71. The fourth-order valence-corrected chi connectivity index (χ4v) is 8.15. The molecule has 0 spiro atoms. The monoisotopic (exact) mass is 1230 g/mol. The lowest BCUT2D eigenvalue weighted by molar-refractivity contribution is -0.385. The number of nitro groups is 1. The van der Waals surface area contributed by atoms with E-state index in [4.69, 9.17) is 35.7 Å². The second-order valence-corrected chi connectivity index (χ2v) is 18.6. The normalized spacial score (nSPS) is 11.1. The molecule has 0 aliphatic heterocycles. The summed E-state index contributed by atoms with van der Waals surface area (Å²) in [5.74, 6) is -5.00. The molecule has 5 N–H and O–H groups in total. The third kappa shape index (κ3) is 19.0. The number of nitro benzene ring substituents is 1. The third-order valence-corrected chi connectivity index (χ3v) is 12.1. The topological polar surface area (TPSA) is 371 Å². The van der Waals surface area contributed by atoms with Crippen LogP contribution in [0.15, 0.2) is 101 Å². The Morgan fingerprint density at radius 2 is 1.26 bits per heavy atom. The van der Waals surface area contributed by atoms with Gasteiger partial charge in [-0.2, -0.15) is 59.1 Å². The number of benzene rings is 3. The highest BCUT2D eigenvalue weighted by Crippen LogP contribution is 2.39. The first-order valence-electron chi connectivity index (χ1n) is 21.8. The van der Waals surface area contributed by atoms with Crippen molar-refractivity contribution in [2.45, 2.75) is 36.2 Å². The first-order valence-corrected chi connectivity index (χ1v) is 25.1. The Kier molecular flexibility index (Phi) is 22.5. The van der Waals surface area contributed by atoms with Crippen LogP contribution < -0.4 is 48.5 Å². The maximum Gasteiger partial charge on any atom is 0.416 e. The first-order chi connectivity index (χ1) is 38.4. The number of hydrogen-bond acceptors (Lipinski definition) is 21. The van der Waals surface area contributed by atoms with E-state index >= 15 is 0 Å². The van der Waals surface area contributed by atoms with E-state index in [0.29, 0.717) is 6.07 Å². The molecule has 6 rings (SSSR count). The summed E-state index contributed by atoms with van der Waals surface area (Å²) in [6.45, 7) is -4.96. The number of urea groups is 2. The van der Waals surface area contributed by atoms with Crippen LogP contribution in [0, 0.1) is 10.1 Å². The Morgan fingerprint density at radius 1 is 0.732 bits per heavy atom. The van der Waals surface area contributed by atoms with Crippen molar-refractivity contribution in [3.8, 4) is 40.8 Å². The van der Waals surface area contributed by atoms with Crippen LogP contribution in [0.3, 0.4) is 0 Å². The number of carboxylic acids is 1. The highest BCUT2D eigenvalue weighted by molar-refractivity contribution is 7.90. The molecule has 0 unspecified atom stereocenters. The predicted molar refractivity (Wildman–Crippen MR) is 266 cm³/mol. The summed E-state index contributed by atoms with van der Waals surface area (Å²) in [5.41, 5.74) is -1.98. The lowest BCUT2D eigenvalue weighted by atomic mass is 10.2. The molecule has 0 fully saturated rings. The van der Waals surface area contributed by atoms with E-state index in [1.54, 1.807) is 17.0 Å². The molecular formula is C44H39ClF7N11O17S2. The van der Waals surface area contributed by atoms with Crippen molar-refractivity contribution in [3.63, 3.8) is 0 Å². The molecule has 38 heteroatoms. The number of alkyl halides is 7. The average Bonchev–Trinajstić information content (AvgIpc) is 3.59. The summed E-state index contributed by atoms with van der Waals surface area (Å²) in [7, 11) is -3.56. The van der Waals surface area contributed by atoms with Gasteiger partial charge in [-0.3, -0.25) is 25.5 Å². The Labute approximate surface area is 461 Å². The number of nitrogens with zero attached hydrogens (tertiary/aromatic N) is 7. The summed E-state index contributed by atoms with van der Waals surface area (Å²) in [6.07, 6.45) is -3.33. The number of rotatable bonds is 19. The molecule has 0 saturated carbocycles. The molecule has 0 aliphatic rings. The lowest BCUT2D eigenvalue weighted by Crippen LogP contribution is -2.36. The van der Waals surface area contributed by atoms with Gasteiger partial charge in [-0.15, -0.1) is 0 Å². The summed E-state index contributed by atoms with van der Waals surface area (Å²) in [4.78, 5) is 76.1. The number of ether oxygens (including phenoxy) is 6. The zero-order chi connectivity index (χ0) is 61.3. The molecule has 0 radical (unpaired) electrons. The molecule has 0 saturated heterocycles. The van der Waals surface area contributed by atoms with E-state index in [2.05, 4.69) is 39.7 Å². The molecule has 3 aromatic heterocycles. The van der Waals surface area contributed by atoms with Gasteiger partial charge in [0.05, 0.1) is 59.6 Å². The van der Waals surface area contributed by atoms with Crippen molar-refractivity contribution in [1.29, 1.82) is 0 Å².